The number of amidine groups is 2. The minimum atomic E-state index is -4.79. The number of alkyl carbamates (subject to hydrolysis) is 1. The van der Waals surface area contributed by atoms with E-state index in [9.17, 15) is 22.8 Å². The quantitative estimate of drug-likeness (QED) is 0.0921. The van der Waals surface area contributed by atoms with E-state index in [1.54, 1.807) is 4.90 Å². The van der Waals surface area contributed by atoms with Gasteiger partial charge in [-0.2, -0.15) is 4.99 Å². The third-order valence-corrected chi connectivity index (χ3v) is 9.60. The standard InChI is InChI=1S/C42H42F3N7O5S/c1-5-21-55-39(49-40-52(37(53)25-58-40)35-22-28(4)11-20-34(35)27(2)3)47-36(48-41(54)56-24-30-9-7-6-8-10-30)23-29-12-14-31(15-13-29)38-46-26-51(50-38)32-16-18-33(19-17-32)57-42(43,44)45/h6-20,22,26-27,36H,5,21,23-25H2,1-4H3,(H,48,54). The van der Waals surface area contributed by atoms with Crippen molar-refractivity contribution in [3.8, 4) is 22.8 Å². The fraction of sp³-hybridized carbons (Fsp3) is 0.286. The first-order chi connectivity index (χ1) is 27.8. The summed E-state index contributed by atoms with van der Waals surface area (Å²) >= 11 is 1.29. The van der Waals surface area contributed by atoms with E-state index >= 15 is 0 Å². The fourth-order valence-corrected chi connectivity index (χ4v) is 6.74. The third kappa shape index (κ3) is 11.2. The smallest absolute Gasteiger partial charge is 0.464 e. The van der Waals surface area contributed by atoms with Gasteiger partial charge >= 0.3 is 18.5 Å². The first-order valence-electron chi connectivity index (χ1n) is 18.5. The van der Waals surface area contributed by atoms with Crippen molar-refractivity contribution in [1.29, 1.82) is 0 Å². The molecule has 16 heteroatoms. The van der Waals surface area contributed by atoms with Gasteiger partial charge in [-0.3, -0.25) is 15.0 Å². The summed E-state index contributed by atoms with van der Waals surface area (Å²) in [6.07, 6.45) is -4.05. The highest BCUT2D eigenvalue weighted by molar-refractivity contribution is 8.15. The Morgan fingerprint density at radius 2 is 1.71 bits per heavy atom. The van der Waals surface area contributed by atoms with Crippen molar-refractivity contribution >= 4 is 40.6 Å². The van der Waals surface area contributed by atoms with Crippen molar-refractivity contribution in [2.75, 3.05) is 17.3 Å². The number of rotatable bonds is 13. The molecule has 1 N–H and O–H groups in total. The molecule has 12 nitrogen and oxygen atoms in total. The van der Waals surface area contributed by atoms with E-state index < -0.39 is 18.6 Å². The second kappa shape index (κ2) is 18.9. The highest BCUT2D eigenvalue weighted by Gasteiger charge is 2.33. The number of carbonyl (C=O) groups is 2. The van der Waals surface area contributed by atoms with Gasteiger partial charge in [0.15, 0.2) is 11.0 Å². The van der Waals surface area contributed by atoms with Gasteiger partial charge in [0.05, 0.1) is 23.7 Å². The van der Waals surface area contributed by atoms with Crippen LogP contribution < -0.4 is 15.0 Å². The topological polar surface area (TPSA) is 133 Å². The SMILES string of the molecule is CCCOC(=NC(Cc1ccc(-c2ncn(-c3ccc(OC(F)(F)F)cc3)n2)cc1)NC(=O)OCc1ccccc1)N=C1SCC(=O)N1c1cc(C)ccc1C(C)C. The molecular weight excluding hydrogens is 772 g/mol. The fourth-order valence-electron chi connectivity index (χ4n) is 5.89. The molecule has 4 aromatic carbocycles. The molecule has 0 saturated carbocycles. The molecule has 5 aromatic rings. The number of hydrogen-bond acceptors (Lipinski definition) is 9. The summed E-state index contributed by atoms with van der Waals surface area (Å²) in [5, 5.41) is 7.75. The molecule has 1 saturated heterocycles. The first-order valence-corrected chi connectivity index (χ1v) is 19.5. The number of carbonyl (C=O) groups excluding carboxylic acids is 2. The molecule has 1 fully saturated rings. The molecule has 6 rings (SSSR count). The number of thioether (sulfide) groups is 1. The van der Waals surface area contributed by atoms with Crippen LogP contribution >= 0.6 is 11.8 Å². The number of aromatic nitrogens is 3. The summed E-state index contributed by atoms with van der Waals surface area (Å²) in [6, 6.07) is 27.9. The van der Waals surface area contributed by atoms with Gasteiger partial charge in [-0.1, -0.05) is 99.3 Å². The Labute approximate surface area is 338 Å². The summed E-state index contributed by atoms with van der Waals surface area (Å²) < 4.78 is 54.7. The molecule has 0 aliphatic carbocycles. The van der Waals surface area contributed by atoms with E-state index in [4.69, 9.17) is 19.5 Å². The first kappa shape index (κ1) is 41.5. The summed E-state index contributed by atoms with van der Waals surface area (Å²) in [7, 11) is 0. The van der Waals surface area contributed by atoms with E-state index in [1.807, 2.05) is 86.6 Å². The number of nitrogens with zero attached hydrogens (tertiary/aromatic N) is 6. The van der Waals surface area contributed by atoms with Crippen LogP contribution in [-0.2, 0) is 27.3 Å². The number of amides is 2. The monoisotopic (exact) mass is 813 g/mol. The molecule has 2 heterocycles. The Morgan fingerprint density at radius 3 is 2.40 bits per heavy atom. The summed E-state index contributed by atoms with van der Waals surface area (Å²) in [4.78, 5) is 42.1. The van der Waals surface area contributed by atoms with Crippen molar-refractivity contribution in [3.05, 3.63) is 126 Å². The average Bonchev–Trinajstić information content (AvgIpc) is 3.83. The van der Waals surface area contributed by atoms with E-state index in [0.717, 1.165) is 27.9 Å². The Morgan fingerprint density at radius 1 is 0.966 bits per heavy atom. The van der Waals surface area contributed by atoms with E-state index in [1.165, 1.54) is 47.0 Å². The van der Waals surface area contributed by atoms with Crippen LogP contribution in [0.2, 0.25) is 0 Å². The van der Waals surface area contributed by atoms with Gasteiger partial charge in [0.1, 0.15) is 24.8 Å². The Bertz CT molecular complexity index is 2250. The van der Waals surface area contributed by atoms with Crippen LogP contribution in [0.15, 0.2) is 113 Å². The maximum Gasteiger partial charge on any atom is 0.573 e. The molecule has 1 atom stereocenters. The van der Waals surface area contributed by atoms with Crippen LogP contribution in [0.3, 0.4) is 0 Å². The van der Waals surface area contributed by atoms with Crippen molar-refractivity contribution < 1.29 is 37.0 Å². The van der Waals surface area contributed by atoms with Gasteiger partial charge in [-0.05, 0) is 71.8 Å². The highest BCUT2D eigenvalue weighted by atomic mass is 32.2. The second-order valence-electron chi connectivity index (χ2n) is 13.6. The lowest BCUT2D eigenvalue weighted by atomic mass is 9.99. The third-order valence-electron chi connectivity index (χ3n) is 8.67. The minimum absolute atomic E-state index is 0.000482. The number of nitrogens with one attached hydrogen (secondary N) is 1. The van der Waals surface area contributed by atoms with Gasteiger partial charge in [0.2, 0.25) is 5.91 Å². The number of aryl methyl sites for hydroxylation is 1. The van der Waals surface area contributed by atoms with Crippen LogP contribution in [0.1, 0.15) is 55.4 Å². The lowest BCUT2D eigenvalue weighted by molar-refractivity contribution is -0.274. The molecule has 58 heavy (non-hydrogen) atoms. The van der Waals surface area contributed by atoms with Crippen LogP contribution in [0.5, 0.6) is 5.75 Å². The normalized spacial score (nSPS) is 14.6. The molecular formula is C42H42F3N7O5S. The highest BCUT2D eigenvalue weighted by Crippen LogP contribution is 2.34. The molecule has 0 spiro atoms. The number of halogens is 3. The Hall–Kier alpha value is -6.16. The zero-order valence-corrected chi connectivity index (χ0v) is 33.1. The van der Waals surface area contributed by atoms with E-state index in [2.05, 4.69) is 34.0 Å². The predicted molar refractivity (Wildman–Crippen MR) is 217 cm³/mol. The zero-order chi connectivity index (χ0) is 41.2. The van der Waals surface area contributed by atoms with E-state index in [-0.39, 0.29) is 42.4 Å². The predicted octanol–water partition coefficient (Wildman–Crippen LogP) is 8.98. The molecule has 0 radical (unpaired) electrons. The molecule has 302 valence electrons. The van der Waals surface area contributed by atoms with Gasteiger partial charge in [-0.25, -0.2) is 19.5 Å². The van der Waals surface area contributed by atoms with Crippen LogP contribution in [0.4, 0.5) is 23.7 Å². The van der Waals surface area contributed by atoms with Crippen LogP contribution in [0.25, 0.3) is 17.1 Å². The lowest BCUT2D eigenvalue weighted by Gasteiger charge is -2.22. The van der Waals surface area contributed by atoms with Gasteiger partial charge in [-0.15, -0.1) is 18.3 Å². The van der Waals surface area contributed by atoms with Crippen molar-refractivity contribution in [2.24, 2.45) is 9.98 Å². The largest absolute Gasteiger partial charge is 0.573 e. The molecule has 1 unspecified atom stereocenters. The van der Waals surface area contributed by atoms with Crippen LogP contribution in [0, 0.1) is 6.92 Å². The van der Waals surface area contributed by atoms with Crippen LogP contribution in [-0.4, -0.2) is 62.8 Å². The van der Waals surface area contributed by atoms with E-state index in [0.29, 0.717) is 35.3 Å². The van der Waals surface area contributed by atoms with Gasteiger partial charge < -0.3 is 14.2 Å². The van der Waals surface area contributed by atoms with Crippen molar-refractivity contribution in [1.82, 2.24) is 20.1 Å². The molecule has 2 amide bonds. The molecule has 1 aromatic heterocycles. The number of aliphatic imine (C=N–C) groups is 2. The maximum atomic E-state index is 13.3. The number of benzene rings is 4. The van der Waals surface area contributed by atoms with Gasteiger partial charge in [0, 0.05) is 12.0 Å². The zero-order valence-electron chi connectivity index (χ0n) is 32.3. The number of alkyl halides is 3. The summed E-state index contributed by atoms with van der Waals surface area (Å²) in [5.74, 6) is 0.269. The molecule has 1 aliphatic heterocycles. The lowest BCUT2D eigenvalue weighted by Crippen LogP contribution is -2.36. The van der Waals surface area contributed by atoms with Gasteiger partial charge in [0.25, 0.3) is 0 Å². The minimum Gasteiger partial charge on any atom is -0.464 e. The molecule has 0 bridgehead atoms. The summed E-state index contributed by atoms with van der Waals surface area (Å²) in [6.45, 7) is 8.41. The summed E-state index contributed by atoms with van der Waals surface area (Å²) in [5.41, 5.74) is 5.52. The second-order valence-corrected chi connectivity index (χ2v) is 14.5. The Balaban J connectivity index is 1.26. The number of ether oxygens (including phenoxy) is 3. The molecule has 1 aliphatic rings. The number of anilines is 1. The number of hydrogen-bond donors (Lipinski definition) is 1. The van der Waals surface area contributed by atoms with Crippen molar-refractivity contribution in [2.45, 2.75) is 65.6 Å². The average molecular weight is 814 g/mol. The maximum absolute atomic E-state index is 13.3. The Kier molecular flexibility index (Phi) is 13.5. The van der Waals surface area contributed by atoms with Crippen molar-refractivity contribution in [3.63, 3.8) is 0 Å².